The van der Waals surface area contributed by atoms with Crippen molar-refractivity contribution in [1.29, 1.82) is 0 Å². The number of fused-ring (bicyclic) bond motifs is 1. The van der Waals surface area contributed by atoms with Crippen LogP contribution in [0.25, 0.3) is 22.4 Å². The van der Waals surface area contributed by atoms with E-state index >= 15 is 0 Å². The molecule has 0 spiro atoms. The summed E-state index contributed by atoms with van der Waals surface area (Å²) in [6.07, 6.45) is 0. The van der Waals surface area contributed by atoms with E-state index in [4.69, 9.17) is 28.9 Å². The van der Waals surface area contributed by atoms with Gasteiger partial charge in [0, 0.05) is 20.1 Å². The van der Waals surface area contributed by atoms with Gasteiger partial charge in [0.25, 0.3) is 0 Å². The third-order valence-electron chi connectivity index (χ3n) is 2.77. The van der Waals surface area contributed by atoms with Crippen molar-refractivity contribution in [3.8, 4) is 11.4 Å². The van der Waals surface area contributed by atoms with Crippen molar-refractivity contribution in [2.75, 3.05) is 5.73 Å². The molecule has 96 valence electrons. The Bertz CT molecular complexity index is 783. The number of rotatable bonds is 1. The molecule has 0 atom stereocenters. The van der Waals surface area contributed by atoms with Crippen molar-refractivity contribution in [2.24, 2.45) is 0 Å². The highest BCUT2D eigenvalue weighted by Gasteiger charge is 2.11. The first-order valence-electron chi connectivity index (χ1n) is 5.45. The molecular weight excluding hydrogens is 349 g/mol. The summed E-state index contributed by atoms with van der Waals surface area (Å²) >= 11 is 15.4. The van der Waals surface area contributed by atoms with Gasteiger partial charge in [-0.3, -0.25) is 0 Å². The van der Waals surface area contributed by atoms with E-state index in [1.54, 1.807) is 12.1 Å². The molecule has 0 fully saturated rings. The topological polar surface area (TPSA) is 54.7 Å². The maximum absolute atomic E-state index is 5.98. The summed E-state index contributed by atoms with van der Waals surface area (Å²) in [5.41, 5.74) is 8.89. The molecule has 3 N–H and O–H groups in total. The maximum atomic E-state index is 5.98. The van der Waals surface area contributed by atoms with Gasteiger partial charge in [0.2, 0.25) is 0 Å². The molecule has 0 saturated heterocycles. The minimum Gasteiger partial charge on any atom is -0.397 e. The Balaban J connectivity index is 2.23. The normalized spacial score (nSPS) is 11.1. The first-order valence-corrected chi connectivity index (χ1v) is 6.99. The van der Waals surface area contributed by atoms with E-state index < -0.39 is 0 Å². The van der Waals surface area contributed by atoms with E-state index in [0.29, 0.717) is 27.1 Å². The summed E-state index contributed by atoms with van der Waals surface area (Å²) in [5, 5.41) is 1.24. The van der Waals surface area contributed by atoms with Crippen LogP contribution >= 0.6 is 39.1 Å². The molecule has 0 aliphatic carbocycles. The summed E-state index contributed by atoms with van der Waals surface area (Å²) in [6.45, 7) is 0. The lowest BCUT2D eigenvalue weighted by Crippen LogP contribution is -1.86. The maximum Gasteiger partial charge on any atom is 0.139 e. The Labute approximate surface area is 127 Å². The highest BCUT2D eigenvalue weighted by atomic mass is 79.9. The number of anilines is 1. The molecule has 1 aromatic heterocycles. The molecule has 0 radical (unpaired) electrons. The largest absolute Gasteiger partial charge is 0.397 e. The van der Waals surface area contributed by atoms with Crippen LogP contribution in [0.2, 0.25) is 10.0 Å². The van der Waals surface area contributed by atoms with Gasteiger partial charge in [-0.15, -0.1) is 0 Å². The molecule has 0 aliphatic heterocycles. The Hall–Kier alpha value is -1.23. The SMILES string of the molecule is Nc1cc(Cl)cc2[nH]c(-c3ccc(Cl)cc3Br)nc12. The molecule has 0 amide bonds. The van der Waals surface area contributed by atoms with Crippen molar-refractivity contribution < 1.29 is 0 Å². The average Bonchev–Trinajstić information content (AvgIpc) is 2.72. The Kier molecular flexibility index (Phi) is 3.17. The first-order chi connectivity index (χ1) is 9.04. The number of aromatic nitrogens is 2. The number of hydrogen-bond acceptors (Lipinski definition) is 2. The summed E-state index contributed by atoms with van der Waals surface area (Å²) < 4.78 is 0.865. The molecular formula is C13H8BrCl2N3. The number of halogens is 3. The fraction of sp³-hybridized carbons (Fsp3) is 0. The monoisotopic (exact) mass is 355 g/mol. The fourth-order valence-electron chi connectivity index (χ4n) is 1.92. The zero-order chi connectivity index (χ0) is 13.6. The van der Waals surface area contributed by atoms with Gasteiger partial charge in [-0.1, -0.05) is 23.2 Å². The molecule has 3 aromatic rings. The number of nitrogen functional groups attached to an aromatic ring is 1. The number of imidazole rings is 1. The van der Waals surface area contributed by atoms with Crippen LogP contribution in [0.4, 0.5) is 5.69 Å². The summed E-state index contributed by atoms with van der Waals surface area (Å²) in [6, 6.07) is 9.01. The number of nitrogens with zero attached hydrogens (tertiary/aromatic N) is 1. The summed E-state index contributed by atoms with van der Waals surface area (Å²) in [5.74, 6) is 0.715. The van der Waals surface area contributed by atoms with Crippen molar-refractivity contribution >= 4 is 55.9 Å². The van der Waals surface area contributed by atoms with Crippen molar-refractivity contribution in [3.05, 3.63) is 44.8 Å². The van der Waals surface area contributed by atoms with Crippen LogP contribution in [0.1, 0.15) is 0 Å². The van der Waals surface area contributed by atoms with E-state index in [1.807, 2.05) is 18.2 Å². The predicted molar refractivity (Wildman–Crippen MR) is 83.7 cm³/mol. The first kappa shape index (κ1) is 12.8. The number of benzene rings is 2. The van der Waals surface area contributed by atoms with Crippen LogP contribution in [0.5, 0.6) is 0 Å². The number of nitrogens with one attached hydrogen (secondary N) is 1. The van der Waals surface area contributed by atoms with Crippen molar-refractivity contribution in [1.82, 2.24) is 9.97 Å². The number of H-pyrrole nitrogens is 1. The average molecular weight is 357 g/mol. The Morgan fingerprint density at radius 1 is 1.11 bits per heavy atom. The molecule has 0 unspecified atom stereocenters. The van der Waals surface area contributed by atoms with Crippen molar-refractivity contribution in [3.63, 3.8) is 0 Å². The Morgan fingerprint density at radius 2 is 1.89 bits per heavy atom. The third kappa shape index (κ3) is 2.31. The molecule has 1 heterocycles. The van der Waals surface area contributed by atoms with Gasteiger partial charge in [-0.2, -0.15) is 0 Å². The van der Waals surface area contributed by atoms with Gasteiger partial charge in [-0.25, -0.2) is 4.98 Å². The van der Waals surface area contributed by atoms with Gasteiger partial charge in [-0.05, 0) is 46.3 Å². The molecule has 0 aliphatic rings. The van der Waals surface area contributed by atoms with Crippen LogP contribution in [0.15, 0.2) is 34.8 Å². The van der Waals surface area contributed by atoms with Crippen molar-refractivity contribution in [2.45, 2.75) is 0 Å². The van der Waals surface area contributed by atoms with Crippen LogP contribution < -0.4 is 5.73 Å². The van der Waals surface area contributed by atoms with E-state index in [2.05, 4.69) is 25.9 Å². The number of nitrogens with two attached hydrogens (primary N) is 1. The summed E-state index contributed by atoms with van der Waals surface area (Å²) in [4.78, 5) is 7.71. The Morgan fingerprint density at radius 3 is 2.63 bits per heavy atom. The van der Waals surface area contributed by atoms with Gasteiger partial charge in [0.05, 0.1) is 11.2 Å². The highest BCUT2D eigenvalue weighted by molar-refractivity contribution is 9.10. The molecule has 3 nitrogen and oxygen atoms in total. The van der Waals surface area contributed by atoms with E-state index in [0.717, 1.165) is 15.6 Å². The molecule has 2 aromatic carbocycles. The predicted octanol–water partition coefficient (Wildman–Crippen LogP) is 4.88. The van der Waals surface area contributed by atoms with Gasteiger partial charge < -0.3 is 10.7 Å². The quantitative estimate of drug-likeness (QED) is 0.610. The fourth-order valence-corrected chi connectivity index (χ4v) is 3.01. The lowest BCUT2D eigenvalue weighted by molar-refractivity contribution is 1.33. The van der Waals surface area contributed by atoms with Crippen LogP contribution in [0, 0.1) is 0 Å². The van der Waals surface area contributed by atoms with Gasteiger partial charge in [0.1, 0.15) is 11.3 Å². The lowest BCUT2D eigenvalue weighted by atomic mass is 10.2. The second-order valence-corrected chi connectivity index (χ2v) is 5.83. The second kappa shape index (κ2) is 4.71. The molecule has 0 bridgehead atoms. The van der Waals surface area contributed by atoms with E-state index in [1.165, 1.54) is 0 Å². The van der Waals surface area contributed by atoms with Gasteiger partial charge in [0.15, 0.2) is 0 Å². The number of hydrogen-bond donors (Lipinski definition) is 2. The molecule has 0 saturated carbocycles. The van der Waals surface area contributed by atoms with E-state index in [-0.39, 0.29) is 0 Å². The minimum absolute atomic E-state index is 0.551. The highest BCUT2D eigenvalue weighted by Crippen LogP contribution is 2.32. The summed E-state index contributed by atoms with van der Waals surface area (Å²) in [7, 11) is 0. The standard InChI is InChI=1S/C13H8BrCl2N3/c14-9-3-6(15)1-2-8(9)13-18-11-5-7(16)4-10(17)12(11)19-13/h1-5H,17H2,(H,18,19). The minimum atomic E-state index is 0.551. The second-order valence-electron chi connectivity index (χ2n) is 4.10. The van der Waals surface area contributed by atoms with Gasteiger partial charge >= 0.3 is 0 Å². The van der Waals surface area contributed by atoms with Crippen LogP contribution in [-0.2, 0) is 0 Å². The number of aromatic amines is 1. The molecule has 3 rings (SSSR count). The smallest absolute Gasteiger partial charge is 0.139 e. The lowest BCUT2D eigenvalue weighted by Gasteiger charge is -2.00. The molecule has 19 heavy (non-hydrogen) atoms. The molecule has 6 heteroatoms. The van der Waals surface area contributed by atoms with Crippen LogP contribution in [0.3, 0.4) is 0 Å². The third-order valence-corrected chi connectivity index (χ3v) is 3.88. The van der Waals surface area contributed by atoms with Crippen LogP contribution in [-0.4, -0.2) is 9.97 Å². The zero-order valence-electron chi connectivity index (χ0n) is 9.55. The zero-order valence-corrected chi connectivity index (χ0v) is 12.6. The van der Waals surface area contributed by atoms with E-state index in [9.17, 15) is 0 Å².